The third kappa shape index (κ3) is 3.07. The summed E-state index contributed by atoms with van der Waals surface area (Å²) < 4.78 is 33.3. The van der Waals surface area contributed by atoms with Gasteiger partial charge in [0.05, 0.1) is 6.61 Å². The number of likely N-dealkylation sites (tertiary alicyclic amines) is 1. The van der Waals surface area contributed by atoms with Crippen LogP contribution in [0.25, 0.3) is 0 Å². The van der Waals surface area contributed by atoms with Crippen LogP contribution in [0.2, 0.25) is 0 Å². The van der Waals surface area contributed by atoms with E-state index in [0.29, 0.717) is 18.9 Å². The fourth-order valence-electron chi connectivity index (χ4n) is 3.96. The lowest BCUT2D eigenvalue weighted by Crippen LogP contribution is -2.50. The van der Waals surface area contributed by atoms with E-state index in [0.717, 1.165) is 31.8 Å². The van der Waals surface area contributed by atoms with Gasteiger partial charge < -0.3 is 9.64 Å². The number of piperidine rings is 1. The van der Waals surface area contributed by atoms with Crippen molar-refractivity contribution in [3.63, 3.8) is 0 Å². The van der Waals surface area contributed by atoms with E-state index in [-0.39, 0.29) is 10.3 Å². The molecule has 1 aliphatic carbocycles. The van der Waals surface area contributed by atoms with Gasteiger partial charge in [-0.15, -0.1) is 0 Å². The molecule has 0 atom stereocenters. The second kappa shape index (κ2) is 6.00. The zero-order chi connectivity index (χ0) is 16.8. The number of hydrogen-bond acceptors (Lipinski definition) is 4. The maximum atomic E-state index is 12.9. The molecule has 5 nitrogen and oxygen atoms in total. The third-order valence-corrected chi connectivity index (χ3v) is 7.60. The average molecular weight is 350 g/mol. The molecule has 6 heteroatoms. The van der Waals surface area contributed by atoms with Crippen molar-refractivity contribution in [3.8, 4) is 5.75 Å². The number of hydrogen-bond donors (Lipinski definition) is 0. The van der Waals surface area contributed by atoms with E-state index >= 15 is 0 Å². The minimum atomic E-state index is -3.48. The van der Waals surface area contributed by atoms with Gasteiger partial charge in [-0.2, -0.15) is 0 Å². The molecule has 0 amide bonds. The highest BCUT2D eigenvalue weighted by Gasteiger charge is 2.42. The Morgan fingerprint density at radius 2 is 1.92 bits per heavy atom. The predicted octanol–water partition coefficient (Wildman–Crippen LogP) is 2.19. The van der Waals surface area contributed by atoms with Gasteiger partial charge in [-0.25, -0.2) is 12.7 Å². The van der Waals surface area contributed by atoms with E-state index in [1.54, 1.807) is 25.2 Å². The minimum absolute atomic E-state index is 0.0740. The van der Waals surface area contributed by atoms with Gasteiger partial charge in [0.25, 0.3) is 0 Å². The van der Waals surface area contributed by atoms with Crippen molar-refractivity contribution in [1.82, 2.24) is 9.21 Å². The highest BCUT2D eigenvalue weighted by Crippen LogP contribution is 2.39. The molecular formula is C18H26N2O3S. The molecular weight excluding hydrogens is 324 g/mol. The Labute approximate surface area is 144 Å². The van der Waals surface area contributed by atoms with Crippen molar-refractivity contribution in [2.75, 3.05) is 39.8 Å². The second-order valence-electron chi connectivity index (χ2n) is 7.74. The van der Waals surface area contributed by atoms with E-state index in [1.165, 1.54) is 23.7 Å². The third-order valence-electron chi connectivity index (χ3n) is 5.76. The van der Waals surface area contributed by atoms with Crippen LogP contribution < -0.4 is 4.74 Å². The van der Waals surface area contributed by atoms with Crippen LogP contribution in [0.1, 0.15) is 25.7 Å². The Hall–Kier alpha value is -1.11. The van der Waals surface area contributed by atoms with E-state index in [1.807, 2.05) is 6.07 Å². The standard InChI is InChI=1S/C18H26N2O3S/c1-19-13-18(8-10-20(11-9-18)12-15-6-7-15)14-23-16-4-2-3-5-17(16)24(19,21)22/h2-5,15H,6-14H2,1H3. The number of nitrogens with zero attached hydrogens (tertiary/aromatic N) is 2. The highest BCUT2D eigenvalue weighted by atomic mass is 32.2. The molecule has 4 rings (SSSR count). The van der Waals surface area contributed by atoms with Crippen LogP contribution in [-0.2, 0) is 10.0 Å². The van der Waals surface area contributed by atoms with Crippen LogP contribution in [0.4, 0.5) is 0 Å². The lowest BCUT2D eigenvalue weighted by molar-refractivity contribution is 0.0372. The summed E-state index contributed by atoms with van der Waals surface area (Å²) in [5.41, 5.74) is -0.0740. The Morgan fingerprint density at radius 3 is 2.62 bits per heavy atom. The molecule has 2 heterocycles. The zero-order valence-electron chi connectivity index (χ0n) is 14.3. The van der Waals surface area contributed by atoms with Gasteiger partial charge in [0, 0.05) is 25.6 Å². The number of fused-ring (bicyclic) bond motifs is 1. The monoisotopic (exact) mass is 350 g/mol. The van der Waals surface area contributed by atoms with Crippen LogP contribution >= 0.6 is 0 Å². The first-order valence-corrected chi connectivity index (χ1v) is 10.3. The van der Waals surface area contributed by atoms with Crippen molar-refractivity contribution < 1.29 is 13.2 Å². The van der Waals surface area contributed by atoms with Gasteiger partial charge in [0.1, 0.15) is 10.6 Å². The molecule has 1 saturated heterocycles. The first-order valence-electron chi connectivity index (χ1n) is 8.89. The van der Waals surface area contributed by atoms with Crippen LogP contribution in [-0.4, -0.2) is 57.5 Å². The van der Waals surface area contributed by atoms with Crippen LogP contribution in [0.15, 0.2) is 29.2 Å². The molecule has 1 saturated carbocycles. The van der Waals surface area contributed by atoms with Gasteiger partial charge >= 0.3 is 0 Å². The van der Waals surface area contributed by atoms with E-state index < -0.39 is 10.0 Å². The number of ether oxygens (including phenoxy) is 1. The number of sulfonamides is 1. The Bertz CT molecular complexity index is 707. The number of benzene rings is 1. The second-order valence-corrected chi connectivity index (χ2v) is 9.75. The van der Waals surface area contributed by atoms with Crippen LogP contribution in [0.5, 0.6) is 5.75 Å². The van der Waals surface area contributed by atoms with Gasteiger partial charge in [-0.05, 0) is 56.8 Å². The Balaban J connectivity index is 1.55. The normalized spacial score (nSPS) is 27.0. The SMILES string of the molecule is CN1CC2(CCN(CC3CC3)CC2)COc2ccccc2S1(=O)=O. The van der Waals surface area contributed by atoms with Gasteiger partial charge in [-0.3, -0.25) is 0 Å². The summed E-state index contributed by atoms with van der Waals surface area (Å²) in [6, 6.07) is 6.99. The smallest absolute Gasteiger partial charge is 0.246 e. The summed E-state index contributed by atoms with van der Waals surface area (Å²) in [6.45, 7) is 4.46. The van der Waals surface area contributed by atoms with Crippen molar-refractivity contribution in [1.29, 1.82) is 0 Å². The quantitative estimate of drug-likeness (QED) is 0.820. The molecule has 0 radical (unpaired) electrons. The topological polar surface area (TPSA) is 49.9 Å². The van der Waals surface area contributed by atoms with E-state index in [4.69, 9.17) is 4.74 Å². The lowest BCUT2D eigenvalue weighted by atomic mass is 9.79. The molecule has 0 aromatic heterocycles. The summed E-state index contributed by atoms with van der Waals surface area (Å²) >= 11 is 0. The molecule has 24 heavy (non-hydrogen) atoms. The Morgan fingerprint density at radius 1 is 1.21 bits per heavy atom. The van der Waals surface area contributed by atoms with Crippen molar-refractivity contribution in [2.45, 2.75) is 30.6 Å². The largest absolute Gasteiger partial charge is 0.492 e. The molecule has 1 aromatic rings. The van der Waals surface area contributed by atoms with Crippen molar-refractivity contribution in [2.24, 2.45) is 11.3 Å². The zero-order valence-corrected chi connectivity index (χ0v) is 15.1. The van der Waals surface area contributed by atoms with Gasteiger partial charge in [0.2, 0.25) is 10.0 Å². The van der Waals surface area contributed by atoms with E-state index in [2.05, 4.69) is 4.90 Å². The lowest BCUT2D eigenvalue weighted by Gasteiger charge is -2.44. The van der Waals surface area contributed by atoms with Crippen molar-refractivity contribution in [3.05, 3.63) is 24.3 Å². The summed E-state index contributed by atoms with van der Waals surface area (Å²) in [4.78, 5) is 2.83. The van der Waals surface area contributed by atoms with Crippen molar-refractivity contribution >= 4 is 10.0 Å². The molecule has 1 aromatic carbocycles. The summed E-state index contributed by atoms with van der Waals surface area (Å²) in [7, 11) is -1.78. The number of rotatable bonds is 2. The first-order chi connectivity index (χ1) is 11.5. The van der Waals surface area contributed by atoms with E-state index in [9.17, 15) is 8.42 Å². The minimum Gasteiger partial charge on any atom is -0.492 e. The summed E-state index contributed by atoms with van der Waals surface area (Å²) in [6.07, 6.45) is 4.76. The molecule has 0 N–H and O–H groups in total. The molecule has 0 bridgehead atoms. The highest BCUT2D eigenvalue weighted by molar-refractivity contribution is 7.89. The molecule has 2 aliphatic heterocycles. The fraction of sp³-hybridized carbons (Fsp3) is 0.667. The molecule has 3 aliphatic rings. The predicted molar refractivity (Wildman–Crippen MR) is 92.6 cm³/mol. The van der Waals surface area contributed by atoms with Crippen LogP contribution in [0, 0.1) is 11.3 Å². The summed E-state index contributed by atoms with van der Waals surface area (Å²) in [5.74, 6) is 1.39. The molecule has 1 spiro atoms. The maximum Gasteiger partial charge on any atom is 0.246 e. The number of para-hydroxylation sites is 1. The maximum absolute atomic E-state index is 12.9. The molecule has 0 unspecified atom stereocenters. The van der Waals surface area contributed by atoms with Crippen LogP contribution in [0.3, 0.4) is 0 Å². The molecule has 132 valence electrons. The molecule has 2 fully saturated rings. The fourth-order valence-corrected chi connectivity index (χ4v) is 5.37. The van der Waals surface area contributed by atoms with Gasteiger partial charge in [-0.1, -0.05) is 12.1 Å². The summed E-state index contributed by atoms with van der Waals surface area (Å²) in [5, 5.41) is 0. The first kappa shape index (κ1) is 16.4. The average Bonchev–Trinajstić information content (AvgIpc) is 3.39. The van der Waals surface area contributed by atoms with Gasteiger partial charge in [0.15, 0.2) is 0 Å². The Kier molecular flexibility index (Phi) is 4.09.